The molecule has 3 fully saturated rings. The highest BCUT2D eigenvalue weighted by Crippen LogP contribution is 2.42. The summed E-state index contributed by atoms with van der Waals surface area (Å²) in [7, 11) is 0. The van der Waals surface area contributed by atoms with Crippen molar-refractivity contribution in [2.45, 2.75) is 89.7 Å². The molecule has 7 nitrogen and oxygen atoms in total. The predicted molar refractivity (Wildman–Crippen MR) is 78.4 cm³/mol. The summed E-state index contributed by atoms with van der Waals surface area (Å²) >= 11 is 0. The summed E-state index contributed by atoms with van der Waals surface area (Å²) in [5, 5.41) is 0. The molecule has 3 aliphatic rings. The summed E-state index contributed by atoms with van der Waals surface area (Å²) in [4.78, 5) is 12.0. The highest BCUT2D eigenvalue weighted by Gasteiger charge is 2.59. The lowest BCUT2D eigenvalue weighted by Crippen LogP contribution is -2.45. The number of fused-ring (bicyclic) bond motifs is 1. The van der Waals surface area contributed by atoms with Gasteiger partial charge < -0.3 is 28.4 Å². The molecule has 3 saturated heterocycles. The minimum Gasteiger partial charge on any atom is -0.456 e. The highest BCUT2D eigenvalue weighted by molar-refractivity contribution is 5.69. The van der Waals surface area contributed by atoms with Crippen LogP contribution in [0, 0.1) is 0 Å². The van der Waals surface area contributed by atoms with Crippen LogP contribution < -0.4 is 0 Å². The van der Waals surface area contributed by atoms with Gasteiger partial charge in [0, 0.05) is 6.42 Å². The average Bonchev–Trinajstić information content (AvgIpc) is 3.01. The highest BCUT2D eigenvalue weighted by atomic mass is 16.8. The minimum atomic E-state index is -0.762. The Bertz CT molecular complexity index is 461. The normalized spacial score (nSPS) is 41.0. The standard InChI is InChI=1S/C16H26O7/c1-6-7-10(17)19-12-11(9-8-18-15(2,3)21-9)20-14-13(12)22-16(4,5)23-14/h9,11-14H,6-8H2,1-5H3/t9-,11+,12-,13-,14-/m1/s1. The van der Waals surface area contributed by atoms with Gasteiger partial charge in [0.2, 0.25) is 0 Å². The molecule has 0 N–H and O–H groups in total. The van der Waals surface area contributed by atoms with Crippen LogP contribution in [0.4, 0.5) is 0 Å². The molecule has 7 heteroatoms. The lowest BCUT2D eigenvalue weighted by Gasteiger charge is -2.28. The Labute approximate surface area is 136 Å². The summed E-state index contributed by atoms with van der Waals surface area (Å²) in [5.74, 6) is -1.70. The van der Waals surface area contributed by atoms with E-state index >= 15 is 0 Å². The first kappa shape index (κ1) is 17.1. The van der Waals surface area contributed by atoms with Crippen molar-refractivity contribution in [3.05, 3.63) is 0 Å². The second-order valence-electron chi connectivity index (χ2n) is 7.14. The molecule has 0 aromatic rings. The zero-order valence-corrected chi connectivity index (χ0v) is 14.4. The van der Waals surface area contributed by atoms with E-state index < -0.39 is 36.2 Å². The molecule has 5 atom stereocenters. The van der Waals surface area contributed by atoms with E-state index in [1.165, 1.54) is 0 Å². The number of hydrogen-bond acceptors (Lipinski definition) is 7. The molecule has 0 spiro atoms. The predicted octanol–water partition coefficient (Wildman–Crippen LogP) is 1.73. The van der Waals surface area contributed by atoms with Crippen molar-refractivity contribution >= 4 is 5.97 Å². The monoisotopic (exact) mass is 330 g/mol. The summed E-state index contributed by atoms with van der Waals surface area (Å²) in [5.41, 5.74) is 0. The largest absolute Gasteiger partial charge is 0.456 e. The van der Waals surface area contributed by atoms with Crippen molar-refractivity contribution < 1.29 is 33.2 Å². The van der Waals surface area contributed by atoms with Crippen molar-refractivity contribution in [2.75, 3.05) is 6.61 Å². The molecule has 132 valence electrons. The lowest BCUT2D eigenvalue weighted by atomic mass is 10.1. The molecule has 0 unspecified atom stereocenters. The van der Waals surface area contributed by atoms with Crippen molar-refractivity contribution in [3.8, 4) is 0 Å². The van der Waals surface area contributed by atoms with Crippen LogP contribution in [0.5, 0.6) is 0 Å². The van der Waals surface area contributed by atoms with Crippen LogP contribution in [0.2, 0.25) is 0 Å². The molecule has 3 aliphatic heterocycles. The van der Waals surface area contributed by atoms with Gasteiger partial charge in [-0.25, -0.2) is 0 Å². The van der Waals surface area contributed by atoms with Gasteiger partial charge in [0.05, 0.1) is 6.61 Å². The molecule has 23 heavy (non-hydrogen) atoms. The van der Waals surface area contributed by atoms with E-state index in [4.69, 9.17) is 28.4 Å². The Balaban J connectivity index is 1.75. The fraction of sp³-hybridized carbons (Fsp3) is 0.938. The maximum absolute atomic E-state index is 12.0. The maximum atomic E-state index is 12.0. The van der Waals surface area contributed by atoms with Crippen LogP contribution in [-0.4, -0.2) is 54.9 Å². The SMILES string of the molecule is CCCC(=O)O[C@@H]1[C@H]([C@H]2COC(C)(C)O2)O[C@@H]2OC(C)(C)O[C@@H]21. The molecular formula is C16H26O7. The summed E-state index contributed by atoms with van der Waals surface area (Å²) in [6.45, 7) is 9.62. The van der Waals surface area contributed by atoms with E-state index in [1.54, 1.807) is 0 Å². The molecule has 3 rings (SSSR count). The Morgan fingerprint density at radius 3 is 2.43 bits per heavy atom. The number of esters is 1. The number of carbonyl (C=O) groups is 1. The summed E-state index contributed by atoms with van der Waals surface area (Å²) in [6, 6.07) is 0. The molecule has 0 aromatic carbocycles. The van der Waals surface area contributed by atoms with Crippen molar-refractivity contribution in [1.82, 2.24) is 0 Å². The van der Waals surface area contributed by atoms with Crippen molar-refractivity contribution in [1.29, 1.82) is 0 Å². The minimum absolute atomic E-state index is 0.266. The Hall–Kier alpha value is -0.730. The zero-order valence-electron chi connectivity index (χ0n) is 14.4. The van der Waals surface area contributed by atoms with Crippen LogP contribution in [0.1, 0.15) is 47.5 Å². The Morgan fingerprint density at radius 2 is 1.83 bits per heavy atom. The van der Waals surface area contributed by atoms with Crippen molar-refractivity contribution in [2.24, 2.45) is 0 Å². The number of ether oxygens (including phenoxy) is 6. The van der Waals surface area contributed by atoms with E-state index in [2.05, 4.69) is 0 Å². The van der Waals surface area contributed by atoms with Crippen LogP contribution in [0.15, 0.2) is 0 Å². The van der Waals surface area contributed by atoms with Crippen molar-refractivity contribution in [3.63, 3.8) is 0 Å². The van der Waals surface area contributed by atoms with Gasteiger partial charge in [-0.05, 0) is 34.1 Å². The first-order valence-electron chi connectivity index (χ1n) is 8.23. The van der Waals surface area contributed by atoms with Gasteiger partial charge in [0.25, 0.3) is 0 Å². The Kier molecular flexibility index (Phi) is 4.44. The second-order valence-corrected chi connectivity index (χ2v) is 7.14. The molecule has 3 heterocycles. The zero-order chi connectivity index (χ0) is 16.8. The van der Waals surface area contributed by atoms with Crippen LogP contribution in [-0.2, 0) is 33.2 Å². The quantitative estimate of drug-likeness (QED) is 0.727. The molecular weight excluding hydrogens is 304 g/mol. The number of rotatable bonds is 4. The van der Waals surface area contributed by atoms with Gasteiger partial charge in [-0.15, -0.1) is 0 Å². The fourth-order valence-electron chi connectivity index (χ4n) is 3.23. The van der Waals surface area contributed by atoms with E-state index in [0.717, 1.165) is 6.42 Å². The number of hydrogen-bond donors (Lipinski definition) is 0. The van der Waals surface area contributed by atoms with Crippen LogP contribution >= 0.6 is 0 Å². The second kappa shape index (κ2) is 5.97. The molecule has 0 radical (unpaired) electrons. The van der Waals surface area contributed by atoms with Crippen LogP contribution in [0.3, 0.4) is 0 Å². The third kappa shape index (κ3) is 3.53. The first-order chi connectivity index (χ1) is 10.7. The van der Waals surface area contributed by atoms with Gasteiger partial charge in [-0.1, -0.05) is 6.92 Å². The number of carbonyl (C=O) groups excluding carboxylic acids is 1. The van der Waals surface area contributed by atoms with E-state index in [1.807, 2.05) is 34.6 Å². The van der Waals surface area contributed by atoms with Gasteiger partial charge >= 0.3 is 5.97 Å². The van der Waals surface area contributed by atoms with E-state index in [-0.39, 0.29) is 12.1 Å². The summed E-state index contributed by atoms with van der Waals surface area (Å²) in [6.07, 6.45) is -1.30. The van der Waals surface area contributed by atoms with Gasteiger partial charge in [-0.3, -0.25) is 4.79 Å². The molecule has 0 aliphatic carbocycles. The molecule has 0 aromatic heterocycles. The Morgan fingerprint density at radius 1 is 1.09 bits per heavy atom. The molecule has 0 saturated carbocycles. The van der Waals surface area contributed by atoms with E-state index in [0.29, 0.717) is 13.0 Å². The third-order valence-corrected chi connectivity index (χ3v) is 4.15. The molecule has 0 bridgehead atoms. The molecule has 0 amide bonds. The van der Waals surface area contributed by atoms with Gasteiger partial charge in [0.15, 0.2) is 30.1 Å². The van der Waals surface area contributed by atoms with Crippen LogP contribution in [0.25, 0.3) is 0 Å². The summed E-state index contributed by atoms with van der Waals surface area (Å²) < 4.78 is 34.7. The van der Waals surface area contributed by atoms with Gasteiger partial charge in [0.1, 0.15) is 12.2 Å². The average molecular weight is 330 g/mol. The topological polar surface area (TPSA) is 72.5 Å². The fourth-order valence-corrected chi connectivity index (χ4v) is 3.23. The maximum Gasteiger partial charge on any atom is 0.306 e. The smallest absolute Gasteiger partial charge is 0.306 e. The third-order valence-electron chi connectivity index (χ3n) is 4.15. The lowest BCUT2D eigenvalue weighted by molar-refractivity contribution is -0.235. The first-order valence-corrected chi connectivity index (χ1v) is 8.23. The van der Waals surface area contributed by atoms with Gasteiger partial charge in [-0.2, -0.15) is 0 Å². The van der Waals surface area contributed by atoms with E-state index in [9.17, 15) is 4.79 Å².